The Morgan fingerprint density at radius 3 is 2.64 bits per heavy atom. The molecule has 0 saturated heterocycles. The van der Waals surface area contributed by atoms with Crippen LogP contribution in [0.25, 0.3) is 0 Å². The Morgan fingerprint density at radius 2 is 2.00 bits per heavy atom. The van der Waals surface area contributed by atoms with Crippen molar-refractivity contribution in [2.24, 2.45) is 0 Å². The van der Waals surface area contributed by atoms with Gasteiger partial charge in [0.05, 0.1) is 17.3 Å². The van der Waals surface area contributed by atoms with Crippen LogP contribution in [0.1, 0.15) is 40.6 Å². The largest absolute Gasteiger partial charge is 0.376 e. The minimum absolute atomic E-state index is 0.0750. The number of nitrogens with zero attached hydrogens (tertiary/aromatic N) is 1. The number of hydrogen-bond donors (Lipinski definition) is 1. The van der Waals surface area contributed by atoms with Gasteiger partial charge in [0.2, 0.25) is 0 Å². The number of carbonyl (C=O) groups excluding carboxylic acids is 1. The molecule has 1 N–H and O–H groups in total. The summed E-state index contributed by atoms with van der Waals surface area (Å²) in [5.41, 5.74) is 3.74. The van der Waals surface area contributed by atoms with Crippen LogP contribution in [-0.4, -0.2) is 16.9 Å². The maximum absolute atomic E-state index is 12.5. The van der Waals surface area contributed by atoms with Gasteiger partial charge in [-0.3, -0.25) is 4.79 Å². The molecule has 1 aromatic heterocycles. The summed E-state index contributed by atoms with van der Waals surface area (Å²) in [6.07, 6.45) is 2.42. The van der Waals surface area contributed by atoms with E-state index in [0.29, 0.717) is 16.1 Å². The first-order chi connectivity index (χ1) is 10.5. The topological polar surface area (TPSA) is 34.0 Å². The van der Waals surface area contributed by atoms with Crippen LogP contribution in [0.15, 0.2) is 24.3 Å². The van der Waals surface area contributed by atoms with E-state index in [4.69, 9.17) is 23.2 Å². The first-order valence-corrected chi connectivity index (χ1v) is 8.13. The molecule has 0 spiro atoms. The lowest BCUT2D eigenvalue weighted by molar-refractivity contribution is 0.101. The molecule has 1 saturated carbocycles. The Morgan fingerprint density at radius 1 is 1.27 bits per heavy atom. The van der Waals surface area contributed by atoms with E-state index in [2.05, 4.69) is 16.8 Å². The van der Waals surface area contributed by atoms with Crippen molar-refractivity contribution < 1.29 is 4.79 Å². The Kier molecular flexibility index (Phi) is 4.20. The Labute approximate surface area is 140 Å². The first-order valence-electron chi connectivity index (χ1n) is 7.38. The Hall–Kier alpha value is -1.45. The van der Waals surface area contributed by atoms with Gasteiger partial charge in [0.25, 0.3) is 0 Å². The maximum Gasteiger partial charge on any atom is 0.183 e. The van der Waals surface area contributed by atoms with E-state index in [1.165, 1.54) is 12.8 Å². The number of carbonyl (C=O) groups is 1. The number of Topliss-reactive ketones (excluding diaryl/α,β-unsaturated/α-hetero) is 1. The number of hydrogen-bond acceptors (Lipinski definition) is 2. The van der Waals surface area contributed by atoms with E-state index in [1.54, 1.807) is 18.2 Å². The third-order valence-corrected chi connectivity index (χ3v) is 4.62. The van der Waals surface area contributed by atoms with Gasteiger partial charge in [-0.25, -0.2) is 0 Å². The number of anilines is 1. The van der Waals surface area contributed by atoms with Crippen molar-refractivity contribution in [3.05, 3.63) is 51.3 Å². The Bertz CT molecular complexity index is 733. The molecule has 1 aliphatic rings. The lowest BCUT2D eigenvalue weighted by Gasteiger charge is -2.09. The summed E-state index contributed by atoms with van der Waals surface area (Å²) in [7, 11) is 0. The normalized spacial score (nSPS) is 14.2. The van der Waals surface area contributed by atoms with Crippen molar-refractivity contribution in [3.63, 3.8) is 0 Å². The van der Waals surface area contributed by atoms with Crippen LogP contribution in [0, 0.1) is 13.8 Å². The molecular weight excluding hydrogens is 319 g/mol. The molecule has 3 nitrogen and oxygen atoms in total. The highest BCUT2D eigenvalue weighted by Gasteiger charge is 2.28. The highest BCUT2D eigenvalue weighted by molar-refractivity contribution is 6.36. The number of halogens is 2. The van der Waals surface area contributed by atoms with Crippen molar-refractivity contribution in [2.75, 3.05) is 11.9 Å². The van der Waals surface area contributed by atoms with Crippen LogP contribution >= 0.6 is 23.2 Å². The quantitative estimate of drug-likeness (QED) is 0.776. The second-order valence-electron chi connectivity index (χ2n) is 5.79. The monoisotopic (exact) mass is 336 g/mol. The molecule has 2 aromatic rings. The summed E-state index contributed by atoms with van der Waals surface area (Å²) in [6.45, 7) is 4.30. The standard InChI is InChI=1S/C17H18Cl2N2O/c1-10-7-14(11(2)21(10)13-4-5-13)17(22)9-20-16-6-3-12(18)8-15(16)19/h3,6-8,13,20H,4-5,9H2,1-2H3. The first kappa shape index (κ1) is 15.4. The molecule has 0 aliphatic heterocycles. The van der Waals surface area contributed by atoms with Crippen LogP contribution in [0.4, 0.5) is 5.69 Å². The average molecular weight is 337 g/mol. The minimum Gasteiger partial charge on any atom is -0.376 e. The zero-order valence-electron chi connectivity index (χ0n) is 12.6. The zero-order valence-corrected chi connectivity index (χ0v) is 14.1. The van der Waals surface area contributed by atoms with Crippen LogP contribution in [0.2, 0.25) is 10.0 Å². The molecule has 0 amide bonds. The maximum atomic E-state index is 12.5. The van der Waals surface area contributed by atoms with Crippen LogP contribution < -0.4 is 5.32 Å². The average Bonchev–Trinajstić information content (AvgIpc) is 3.24. The summed E-state index contributed by atoms with van der Waals surface area (Å²) in [5, 5.41) is 4.19. The lowest BCUT2D eigenvalue weighted by atomic mass is 10.1. The summed E-state index contributed by atoms with van der Waals surface area (Å²) >= 11 is 12.0. The predicted molar refractivity (Wildman–Crippen MR) is 91.5 cm³/mol. The van der Waals surface area contributed by atoms with E-state index in [0.717, 1.165) is 22.6 Å². The van der Waals surface area contributed by atoms with Gasteiger partial charge in [0, 0.05) is 28.0 Å². The molecule has 22 heavy (non-hydrogen) atoms. The second-order valence-corrected chi connectivity index (χ2v) is 6.63. The SMILES string of the molecule is Cc1cc(C(=O)CNc2ccc(Cl)cc2Cl)c(C)n1C1CC1. The van der Waals surface area contributed by atoms with E-state index in [1.807, 2.05) is 13.0 Å². The van der Waals surface area contributed by atoms with Gasteiger partial charge in [0.15, 0.2) is 5.78 Å². The highest BCUT2D eigenvalue weighted by atomic mass is 35.5. The summed E-state index contributed by atoms with van der Waals surface area (Å²) in [5.74, 6) is 0.0750. The molecule has 116 valence electrons. The fourth-order valence-corrected chi connectivity index (χ4v) is 3.33. The molecule has 1 heterocycles. The van der Waals surface area contributed by atoms with Gasteiger partial charge >= 0.3 is 0 Å². The van der Waals surface area contributed by atoms with Gasteiger partial charge in [-0.15, -0.1) is 0 Å². The molecular formula is C17H18Cl2N2O. The van der Waals surface area contributed by atoms with Crippen LogP contribution in [-0.2, 0) is 0 Å². The molecule has 0 bridgehead atoms. The van der Waals surface area contributed by atoms with Gasteiger partial charge in [-0.05, 0) is 51.0 Å². The van der Waals surface area contributed by atoms with Crippen LogP contribution in [0.5, 0.6) is 0 Å². The minimum atomic E-state index is 0.0750. The second kappa shape index (κ2) is 5.98. The number of ketones is 1. The number of aryl methyl sites for hydroxylation is 1. The lowest BCUT2D eigenvalue weighted by Crippen LogP contribution is -2.15. The van der Waals surface area contributed by atoms with Crippen LogP contribution in [0.3, 0.4) is 0 Å². The molecule has 3 rings (SSSR count). The molecule has 0 radical (unpaired) electrons. The number of rotatable bonds is 5. The Balaban J connectivity index is 1.73. The summed E-state index contributed by atoms with van der Waals surface area (Å²) < 4.78 is 2.28. The predicted octanol–water partition coefficient (Wildman–Crippen LogP) is 5.04. The van der Waals surface area contributed by atoms with E-state index in [-0.39, 0.29) is 12.3 Å². The summed E-state index contributed by atoms with van der Waals surface area (Å²) in [4.78, 5) is 12.5. The van der Waals surface area contributed by atoms with E-state index >= 15 is 0 Å². The van der Waals surface area contributed by atoms with Crippen molar-refractivity contribution in [3.8, 4) is 0 Å². The fourth-order valence-electron chi connectivity index (χ4n) is 2.86. The van der Waals surface area contributed by atoms with Crippen molar-refractivity contribution >= 4 is 34.7 Å². The smallest absolute Gasteiger partial charge is 0.183 e. The fraction of sp³-hybridized carbons (Fsp3) is 0.353. The third-order valence-electron chi connectivity index (χ3n) is 4.07. The molecule has 0 unspecified atom stereocenters. The summed E-state index contributed by atoms with van der Waals surface area (Å²) in [6, 6.07) is 7.76. The van der Waals surface area contributed by atoms with Gasteiger partial charge < -0.3 is 9.88 Å². The zero-order chi connectivity index (χ0) is 15.9. The van der Waals surface area contributed by atoms with Crippen molar-refractivity contribution in [1.82, 2.24) is 4.57 Å². The van der Waals surface area contributed by atoms with Gasteiger partial charge in [-0.1, -0.05) is 23.2 Å². The van der Waals surface area contributed by atoms with E-state index < -0.39 is 0 Å². The molecule has 5 heteroatoms. The number of nitrogens with one attached hydrogen (secondary N) is 1. The molecule has 1 aliphatic carbocycles. The van der Waals surface area contributed by atoms with Crippen molar-refractivity contribution in [1.29, 1.82) is 0 Å². The molecule has 1 aromatic carbocycles. The number of benzene rings is 1. The number of aromatic nitrogens is 1. The molecule has 0 atom stereocenters. The third kappa shape index (κ3) is 3.01. The van der Waals surface area contributed by atoms with E-state index in [9.17, 15) is 4.79 Å². The van der Waals surface area contributed by atoms with Crippen molar-refractivity contribution in [2.45, 2.75) is 32.7 Å². The molecule has 1 fully saturated rings. The van der Waals surface area contributed by atoms with Gasteiger partial charge in [0.1, 0.15) is 0 Å². The van der Waals surface area contributed by atoms with Gasteiger partial charge in [-0.2, -0.15) is 0 Å². The highest BCUT2D eigenvalue weighted by Crippen LogP contribution is 2.38.